The van der Waals surface area contributed by atoms with Crippen molar-refractivity contribution in [3.8, 4) is 5.75 Å². The molecule has 0 aliphatic rings. The SMILES string of the molecule is COc1ccc(N(CCCN)C(=O)C(F)(F)C(F)F)cc1. The Balaban J connectivity index is 3.06. The molecule has 0 radical (unpaired) electrons. The summed E-state index contributed by atoms with van der Waals surface area (Å²) in [5.41, 5.74) is 5.35. The smallest absolute Gasteiger partial charge is 0.384 e. The lowest BCUT2D eigenvalue weighted by Gasteiger charge is -2.26. The molecule has 21 heavy (non-hydrogen) atoms. The fourth-order valence-electron chi connectivity index (χ4n) is 1.63. The van der Waals surface area contributed by atoms with Crippen LogP contribution in [-0.4, -0.2) is 38.5 Å². The number of ether oxygens (including phenoxy) is 1. The number of methoxy groups -OCH3 is 1. The van der Waals surface area contributed by atoms with Crippen LogP contribution in [0.2, 0.25) is 0 Å². The van der Waals surface area contributed by atoms with E-state index >= 15 is 0 Å². The van der Waals surface area contributed by atoms with Crippen LogP contribution in [-0.2, 0) is 4.79 Å². The molecule has 0 saturated carbocycles. The summed E-state index contributed by atoms with van der Waals surface area (Å²) in [6, 6.07) is 5.57. The number of alkyl halides is 4. The molecular weight excluding hydrogens is 292 g/mol. The second-order valence-corrected chi connectivity index (χ2v) is 4.22. The number of rotatable bonds is 7. The molecule has 118 valence electrons. The van der Waals surface area contributed by atoms with Gasteiger partial charge in [0.1, 0.15) is 5.75 Å². The fraction of sp³-hybridized carbons (Fsp3) is 0.462. The molecule has 4 nitrogen and oxygen atoms in total. The highest BCUT2D eigenvalue weighted by molar-refractivity contribution is 5.98. The van der Waals surface area contributed by atoms with E-state index < -0.39 is 18.3 Å². The monoisotopic (exact) mass is 308 g/mol. The first-order chi connectivity index (χ1) is 9.84. The van der Waals surface area contributed by atoms with Crippen molar-refractivity contribution in [3.05, 3.63) is 24.3 Å². The van der Waals surface area contributed by atoms with E-state index in [0.29, 0.717) is 10.6 Å². The number of nitrogens with zero attached hydrogens (tertiary/aromatic N) is 1. The fourth-order valence-corrected chi connectivity index (χ4v) is 1.63. The normalized spacial score (nSPS) is 11.6. The van der Waals surface area contributed by atoms with Gasteiger partial charge in [-0.05, 0) is 37.2 Å². The second-order valence-electron chi connectivity index (χ2n) is 4.22. The van der Waals surface area contributed by atoms with E-state index in [0.717, 1.165) is 0 Å². The molecule has 8 heteroatoms. The molecule has 0 fully saturated rings. The number of carbonyl (C=O) groups is 1. The lowest BCUT2D eigenvalue weighted by molar-refractivity contribution is -0.166. The van der Waals surface area contributed by atoms with Gasteiger partial charge in [-0.1, -0.05) is 0 Å². The van der Waals surface area contributed by atoms with Crippen LogP contribution in [0.3, 0.4) is 0 Å². The van der Waals surface area contributed by atoms with Gasteiger partial charge in [0.15, 0.2) is 0 Å². The minimum Gasteiger partial charge on any atom is -0.497 e. The lowest BCUT2D eigenvalue weighted by Crippen LogP contribution is -2.48. The third-order valence-corrected chi connectivity index (χ3v) is 2.77. The van der Waals surface area contributed by atoms with Gasteiger partial charge < -0.3 is 15.4 Å². The predicted molar refractivity (Wildman–Crippen MR) is 70.0 cm³/mol. The molecule has 0 aliphatic carbocycles. The van der Waals surface area contributed by atoms with Crippen LogP contribution in [0, 0.1) is 0 Å². The molecule has 0 heterocycles. The molecule has 0 aromatic heterocycles. The molecule has 1 aromatic carbocycles. The maximum Gasteiger partial charge on any atom is 0.384 e. The van der Waals surface area contributed by atoms with Gasteiger partial charge in [-0.2, -0.15) is 8.78 Å². The summed E-state index contributed by atoms with van der Waals surface area (Å²) in [4.78, 5) is 12.3. The Kier molecular flexibility index (Phi) is 5.95. The molecule has 2 N–H and O–H groups in total. The number of amides is 1. The summed E-state index contributed by atoms with van der Waals surface area (Å²) in [6.07, 6.45) is -3.86. The van der Waals surface area contributed by atoms with Crippen LogP contribution in [0.1, 0.15) is 6.42 Å². The summed E-state index contributed by atoms with van der Waals surface area (Å²) >= 11 is 0. The van der Waals surface area contributed by atoms with Crippen LogP contribution in [0.25, 0.3) is 0 Å². The maximum atomic E-state index is 13.3. The first-order valence-electron chi connectivity index (χ1n) is 6.16. The van der Waals surface area contributed by atoms with E-state index in [2.05, 4.69) is 0 Å². The van der Waals surface area contributed by atoms with Gasteiger partial charge >= 0.3 is 18.3 Å². The van der Waals surface area contributed by atoms with Gasteiger partial charge in [0, 0.05) is 12.2 Å². The molecule has 1 rings (SSSR count). The Morgan fingerprint density at radius 2 is 1.90 bits per heavy atom. The number of benzene rings is 1. The summed E-state index contributed by atoms with van der Waals surface area (Å²) in [6.45, 7) is -0.0375. The third-order valence-electron chi connectivity index (χ3n) is 2.77. The summed E-state index contributed by atoms with van der Waals surface area (Å²) in [7, 11) is 1.41. The van der Waals surface area contributed by atoms with Crippen molar-refractivity contribution in [2.24, 2.45) is 5.73 Å². The van der Waals surface area contributed by atoms with Crippen molar-refractivity contribution < 1.29 is 27.1 Å². The standard InChI is InChI=1S/C13H16F4N2O2/c1-21-10-5-3-9(4-6-10)19(8-2-7-18)12(20)13(16,17)11(14)15/h3-6,11H,2,7-8,18H2,1H3. The average molecular weight is 308 g/mol. The topological polar surface area (TPSA) is 55.6 Å². The number of hydrogen-bond donors (Lipinski definition) is 1. The first-order valence-corrected chi connectivity index (χ1v) is 6.16. The zero-order valence-electron chi connectivity index (χ0n) is 11.4. The van der Waals surface area contributed by atoms with Gasteiger partial charge in [0.05, 0.1) is 7.11 Å². The molecule has 0 bridgehead atoms. The van der Waals surface area contributed by atoms with Crippen LogP contribution in [0.15, 0.2) is 24.3 Å². The van der Waals surface area contributed by atoms with Crippen LogP contribution >= 0.6 is 0 Å². The van der Waals surface area contributed by atoms with Gasteiger partial charge in [-0.25, -0.2) is 8.78 Å². The Bertz CT molecular complexity index is 466. The number of nitrogens with two attached hydrogens (primary N) is 1. The van der Waals surface area contributed by atoms with Crippen molar-refractivity contribution in [3.63, 3.8) is 0 Å². The van der Waals surface area contributed by atoms with Gasteiger partial charge in [-0.15, -0.1) is 0 Å². The first kappa shape index (κ1) is 17.2. The molecule has 0 unspecified atom stereocenters. The van der Waals surface area contributed by atoms with Crippen molar-refractivity contribution in [2.45, 2.75) is 18.8 Å². The van der Waals surface area contributed by atoms with Crippen LogP contribution in [0.4, 0.5) is 23.2 Å². The number of hydrogen-bond acceptors (Lipinski definition) is 3. The summed E-state index contributed by atoms with van der Waals surface area (Å²) < 4.78 is 56.1. The van der Waals surface area contributed by atoms with Crippen LogP contribution in [0.5, 0.6) is 5.75 Å². The molecule has 0 aliphatic heterocycles. The Morgan fingerprint density at radius 3 is 2.33 bits per heavy atom. The number of carbonyl (C=O) groups excluding carboxylic acids is 1. The lowest BCUT2D eigenvalue weighted by atomic mass is 10.2. The molecule has 0 saturated heterocycles. The molecule has 0 atom stereocenters. The zero-order chi connectivity index (χ0) is 16.0. The Labute approximate surface area is 119 Å². The second kappa shape index (κ2) is 7.26. The molecule has 1 amide bonds. The van der Waals surface area contributed by atoms with E-state index in [-0.39, 0.29) is 25.2 Å². The van der Waals surface area contributed by atoms with Crippen molar-refractivity contribution in [1.82, 2.24) is 0 Å². The zero-order valence-corrected chi connectivity index (χ0v) is 11.4. The van der Waals surface area contributed by atoms with Gasteiger partial charge in [0.25, 0.3) is 0 Å². The van der Waals surface area contributed by atoms with Crippen molar-refractivity contribution in [2.75, 3.05) is 25.1 Å². The van der Waals surface area contributed by atoms with Gasteiger partial charge in [0.2, 0.25) is 0 Å². The Hall–Kier alpha value is -1.83. The average Bonchev–Trinajstić information content (AvgIpc) is 2.47. The van der Waals surface area contributed by atoms with Crippen molar-refractivity contribution >= 4 is 11.6 Å². The minimum absolute atomic E-state index is 0.0783. The summed E-state index contributed by atoms with van der Waals surface area (Å²) in [5.74, 6) is -6.24. The summed E-state index contributed by atoms with van der Waals surface area (Å²) in [5, 5.41) is 0. The Morgan fingerprint density at radius 1 is 1.33 bits per heavy atom. The molecular formula is C13H16F4N2O2. The van der Waals surface area contributed by atoms with Gasteiger partial charge in [-0.3, -0.25) is 4.79 Å². The highest BCUT2D eigenvalue weighted by Gasteiger charge is 2.51. The third kappa shape index (κ3) is 4.07. The maximum absolute atomic E-state index is 13.3. The largest absolute Gasteiger partial charge is 0.497 e. The quantitative estimate of drug-likeness (QED) is 0.786. The van der Waals surface area contributed by atoms with E-state index in [1.165, 1.54) is 31.4 Å². The minimum atomic E-state index is -4.74. The van der Waals surface area contributed by atoms with E-state index in [9.17, 15) is 22.4 Å². The number of anilines is 1. The van der Waals surface area contributed by atoms with Crippen molar-refractivity contribution in [1.29, 1.82) is 0 Å². The highest BCUT2D eigenvalue weighted by atomic mass is 19.3. The van der Waals surface area contributed by atoms with E-state index in [1.807, 2.05) is 0 Å². The molecule has 0 spiro atoms. The van der Waals surface area contributed by atoms with E-state index in [4.69, 9.17) is 10.5 Å². The predicted octanol–water partition coefficient (Wildman–Crippen LogP) is 2.28. The highest BCUT2D eigenvalue weighted by Crippen LogP contribution is 2.29. The number of halogens is 4. The van der Waals surface area contributed by atoms with E-state index in [1.54, 1.807) is 0 Å². The van der Waals surface area contributed by atoms with Crippen LogP contribution < -0.4 is 15.4 Å². The molecule has 1 aromatic rings.